The average molecular weight is 237 g/mol. The van der Waals surface area contributed by atoms with Crippen molar-refractivity contribution in [1.82, 2.24) is 11.1 Å². The minimum Gasteiger partial charge on any atom is -0.314 e. The van der Waals surface area contributed by atoms with Crippen molar-refractivity contribution in [3.05, 3.63) is 30.3 Å². The van der Waals surface area contributed by atoms with Crippen molar-refractivity contribution < 1.29 is 0 Å². The molecular formula is C13H21N2S. The normalized spacial score (nSPS) is 13.0. The average Bonchev–Trinajstić information content (AvgIpc) is 2.27. The van der Waals surface area contributed by atoms with E-state index in [1.807, 2.05) is 18.2 Å². The third-order valence-electron chi connectivity index (χ3n) is 2.24. The van der Waals surface area contributed by atoms with Gasteiger partial charge in [-0.3, -0.25) is 5.73 Å². The van der Waals surface area contributed by atoms with Crippen LogP contribution in [0.4, 0.5) is 0 Å². The van der Waals surface area contributed by atoms with Gasteiger partial charge in [0, 0.05) is 22.7 Å². The van der Waals surface area contributed by atoms with Crippen molar-refractivity contribution in [3.63, 3.8) is 0 Å². The van der Waals surface area contributed by atoms with Gasteiger partial charge in [0.15, 0.2) is 0 Å². The van der Waals surface area contributed by atoms with Crippen LogP contribution in [0.1, 0.15) is 20.3 Å². The van der Waals surface area contributed by atoms with Crippen molar-refractivity contribution in [2.24, 2.45) is 0 Å². The number of nitrogens with one attached hydrogen (secondary N) is 2. The van der Waals surface area contributed by atoms with Crippen LogP contribution in [0.5, 0.6) is 0 Å². The molecule has 0 spiro atoms. The van der Waals surface area contributed by atoms with Crippen molar-refractivity contribution in [2.45, 2.75) is 37.2 Å². The van der Waals surface area contributed by atoms with Crippen LogP contribution in [0.3, 0.4) is 0 Å². The Morgan fingerprint density at radius 2 is 1.94 bits per heavy atom. The number of thioether (sulfide) groups is 1. The second-order valence-corrected chi connectivity index (χ2v) is 5.31. The molecule has 3 heteroatoms. The highest BCUT2D eigenvalue weighted by Gasteiger charge is 2.04. The number of hydrogen-bond acceptors (Lipinski definition) is 2. The summed E-state index contributed by atoms with van der Waals surface area (Å²) in [6.07, 6.45) is 0.929. The van der Waals surface area contributed by atoms with Crippen molar-refractivity contribution in [1.29, 1.82) is 0 Å². The quantitative estimate of drug-likeness (QED) is 0.740. The van der Waals surface area contributed by atoms with Gasteiger partial charge in [-0.1, -0.05) is 32.0 Å². The molecule has 2 N–H and O–H groups in total. The van der Waals surface area contributed by atoms with Crippen LogP contribution in [-0.2, 0) is 0 Å². The molecule has 0 aliphatic heterocycles. The molecule has 0 saturated carbocycles. The lowest BCUT2D eigenvalue weighted by Crippen LogP contribution is -2.27. The maximum absolute atomic E-state index is 7.90. The molecule has 0 bridgehead atoms. The standard InChI is InChI=1S/C13H21N2S/c1-11(2)15-9-8-12(14)10-16-13-6-4-3-5-7-13/h3-7,11-12,14-15H,8-10H2,1-2H3/t12-/m1/s1. The molecule has 1 aromatic rings. The van der Waals surface area contributed by atoms with E-state index in [2.05, 4.69) is 31.3 Å². The summed E-state index contributed by atoms with van der Waals surface area (Å²) in [5.74, 6) is 0.879. The van der Waals surface area contributed by atoms with E-state index in [0.717, 1.165) is 18.7 Å². The summed E-state index contributed by atoms with van der Waals surface area (Å²) >= 11 is 1.77. The molecule has 0 aromatic heterocycles. The van der Waals surface area contributed by atoms with Gasteiger partial charge in [0.1, 0.15) is 0 Å². The third-order valence-corrected chi connectivity index (χ3v) is 3.41. The molecule has 1 atom stereocenters. The first-order valence-corrected chi connectivity index (χ1v) is 6.79. The highest BCUT2D eigenvalue weighted by Crippen LogP contribution is 2.18. The topological polar surface area (TPSA) is 35.8 Å². The zero-order valence-corrected chi connectivity index (χ0v) is 10.9. The zero-order chi connectivity index (χ0) is 11.8. The van der Waals surface area contributed by atoms with Gasteiger partial charge in [-0.05, 0) is 25.1 Å². The molecule has 0 saturated heterocycles. The van der Waals surface area contributed by atoms with E-state index in [1.165, 1.54) is 4.90 Å². The minimum atomic E-state index is 0.0245. The summed E-state index contributed by atoms with van der Waals surface area (Å²) in [4.78, 5) is 1.26. The molecule has 0 amide bonds. The monoisotopic (exact) mass is 237 g/mol. The van der Waals surface area contributed by atoms with Gasteiger partial charge >= 0.3 is 0 Å². The van der Waals surface area contributed by atoms with Gasteiger partial charge < -0.3 is 5.32 Å². The summed E-state index contributed by atoms with van der Waals surface area (Å²) in [5, 5.41) is 3.35. The highest BCUT2D eigenvalue weighted by molar-refractivity contribution is 7.99. The van der Waals surface area contributed by atoms with Crippen molar-refractivity contribution in [2.75, 3.05) is 12.3 Å². The molecule has 0 fully saturated rings. The number of benzene rings is 1. The molecule has 0 aliphatic carbocycles. The maximum Gasteiger partial charge on any atom is 0.0319 e. The summed E-state index contributed by atoms with van der Waals surface area (Å²) in [7, 11) is 0. The Morgan fingerprint density at radius 3 is 2.56 bits per heavy atom. The van der Waals surface area contributed by atoms with Gasteiger partial charge in [0.05, 0.1) is 0 Å². The van der Waals surface area contributed by atoms with Crippen LogP contribution < -0.4 is 11.1 Å². The lowest BCUT2D eigenvalue weighted by atomic mass is 10.2. The molecule has 1 aromatic carbocycles. The molecule has 0 aliphatic rings. The Kier molecular flexibility index (Phi) is 6.53. The van der Waals surface area contributed by atoms with E-state index in [0.29, 0.717) is 6.04 Å². The fraction of sp³-hybridized carbons (Fsp3) is 0.538. The Morgan fingerprint density at radius 1 is 1.25 bits per heavy atom. The van der Waals surface area contributed by atoms with E-state index in [9.17, 15) is 0 Å². The van der Waals surface area contributed by atoms with E-state index < -0.39 is 0 Å². The Hall–Kier alpha value is -0.510. The SMILES string of the molecule is CC(C)NCC[C@@H]([NH])CSc1ccccc1. The molecule has 2 nitrogen and oxygen atoms in total. The van der Waals surface area contributed by atoms with Crippen LogP contribution in [0, 0.1) is 0 Å². The van der Waals surface area contributed by atoms with E-state index in [4.69, 9.17) is 5.73 Å². The fourth-order valence-electron chi connectivity index (χ4n) is 1.34. The van der Waals surface area contributed by atoms with Crippen LogP contribution in [0.15, 0.2) is 35.2 Å². The highest BCUT2D eigenvalue weighted by atomic mass is 32.2. The van der Waals surface area contributed by atoms with Gasteiger partial charge in [-0.15, -0.1) is 11.8 Å². The first kappa shape index (κ1) is 13.6. The second kappa shape index (κ2) is 7.71. The van der Waals surface area contributed by atoms with Crippen LogP contribution >= 0.6 is 11.8 Å². The summed E-state index contributed by atoms with van der Waals surface area (Å²) in [6.45, 7) is 5.22. The third kappa shape index (κ3) is 6.16. The van der Waals surface area contributed by atoms with E-state index in [-0.39, 0.29) is 6.04 Å². The van der Waals surface area contributed by atoms with E-state index in [1.54, 1.807) is 11.8 Å². The number of hydrogen-bond donors (Lipinski definition) is 1. The first-order chi connectivity index (χ1) is 7.68. The van der Waals surface area contributed by atoms with Crippen molar-refractivity contribution >= 4 is 11.8 Å². The summed E-state index contributed by atoms with van der Waals surface area (Å²) in [6, 6.07) is 10.9. The molecule has 0 unspecified atom stereocenters. The lowest BCUT2D eigenvalue weighted by Gasteiger charge is -2.12. The van der Waals surface area contributed by atoms with Gasteiger partial charge in [-0.2, -0.15) is 0 Å². The molecular weight excluding hydrogens is 216 g/mol. The van der Waals surface area contributed by atoms with Crippen molar-refractivity contribution in [3.8, 4) is 0 Å². The largest absolute Gasteiger partial charge is 0.314 e. The number of rotatable bonds is 7. The van der Waals surface area contributed by atoms with Gasteiger partial charge in [0.2, 0.25) is 0 Å². The predicted octanol–water partition coefficient (Wildman–Crippen LogP) is 2.82. The van der Waals surface area contributed by atoms with Crippen LogP contribution in [0.25, 0.3) is 0 Å². The van der Waals surface area contributed by atoms with E-state index >= 15 is 0 Å². The predicted molar refractivity (Wildman–Crippen MR) is 71.8 cm³/mol. The smallest absolute Gasteiger partial charge is 0.0319 e. The fourth-order valence-corrected chi connectivity index (χ4v) is 2.25. The Bertz CT molecular complexity index is 275. The lowest BCUT2D eigenvalue weighted by molar-refractivity contribution is 0.536. The molecule has 1 rings (SSSR count). The Labute approximate surface area is 103 Å². The van der Waals surface area contributed by atoms with Gasteiger partial charge in [0.25, 0.3) is 0 Å². The van der Waals surface area contributed by atoms with Crippen LogP contribution in [0.2, 0.25) is 0 Å². The minimum absolute atomic E-state index is 0.0245. The first-order valence-electron chi connectivity index (χ1n) is 5.81. The molecule has 0 heterocycles. The molecule has 16 heavy (non-hydrogen) atoms. The summed E-state index contributed by atoms with van der Waals surface area (Å²) < 4.78 is 0. The van der Waals surface area contributed by atoms with Crippen LogP contribution in [-0.4, -0.2) is 24.4 Å². The second-order valence-electron chi connectivity index (χ2n) is 4.22. The maximum atomic E-state index is 7.90. The molecule has 1 radical (unpaired) electrons. The van der Waals surface area contributed by atoms with Gasteiger partial charge in [-0.25, -0.2) is 0 Å². The Balaban J connectivity index is 2.13. The summed E-state index contributed by atoms with van der Waals surface area (Å²) in [5.41, 5.74) is 7.90. The molecule has 89 valence electrons. The zero-order valence-electron chi connectivity index (χ0n) is 10.1.